The van der Waals surface area contributed by atoms with Gasteiger partial charge in [0, 0.05) is 51.6 Å². The predicted molar refractivity (Wildman–Crippen MR) is 141 cm³/mol. The lowest BCUT2D eigenvalue weighted by Gasteiger charge is -2.36. The van der Waals surface area contributed by atoms with Gasteiger partial charge < -0.3 is 34.6 Å². The van der Waals surface area contributed by atoms with Gasteiger partial charge in [0.05, 0.1) is 17.7 Å². The van der Waals surface area contributed by atoms with E-state index in [9.17, 15) is 14.4 Å². The molecule has 10 heteroatoms. The largest absolute Gasteiger partial charge is 0.491 e. The molecule has 0 spiro atoms. The predicted octanol–water partition coefficient (Wildman–Crippen LogP) is 3.31. The minimum absolute atomic E-state index is 0.0379. The van der Waals surface area contributed by atoms with E-state index in [-0.39, 0.29) is 43.1 Å². The summed E-state index contributed by atoms with van der Waals surface area (Å²) in [6, 6.07) is 13.2. The maximum Gasteiger partial charge on any atom is 0.323 e. The number of urea groups is 1. The van der Waals surface area contributed by atoms with Crippen molar-refractivity contribution in [2.24, 2.45) is 5.92 Å². The molecule has 10 nitrogen and oxygen atoms in total. The molecule has 37 heavy (non-hydrogen) atoms. The number of nitrogens with zero attached hydrogens (tertiary/aromatic N) is 2. The zero-order valence-corrected chi connectivity index (χ0v) is 22.0. The van der Waals surface area contributed by atoms with Crippen LogP contribution < -0.4 is 15.4 Å². The quantitative estimate of drug-likeness (QED) is 0.636. The van der Waals surface area contributed by atoms with Crippen molar-refractivity contribution >= 4 is 29.2 Å². The topological polar surface area (TPSA) is 109 Å². The van der Waals surface area contributed by atoms with Crippen LogP contribution in [0.25, 0.3) is 0 Å². The number of para-hydroxylation sites is 1. The smallest absolute Gasteiger partial charge is 0.323 e. The number of likely N-dealkylation sites (N-methyl/N-ethyl adjacent to an activating group) is 1. The van der Waals surface area contributed by atoms with E-state index in [1.807, 2.05) is 32.0 Å². The molecule has 1 aliphatic heterocycles. The minimum Gasteiger partial charge on any atom is -0.491 e. The summed E-state index contributed by atoms with van der Waals surface area (Å²) in [6.45, 7) is 4.75. The number of hydrogen-bond donors (Lipinski definition) is 2. The van der Waals surface area contributed by atoms with Gasteiger partial charge in [0.25, 0.3) is 5.91 Å². The summed E-state index contributed by atoms with van der Waals surface area (Å²) in [4.78, 5) is 42.1. The van der Waals surface area contributed by atoms with Crippen molar-refractivity contribution < 1.29 is 28.6 Å². The van der Waals surface area contributed by atoms with Gasteiger partial charge in [0.2, 0.25) is 5.91 Å². The Labute approximate surface area is 217 Å². The molecular formula is C27H36N4O6. The number of anilines is 2. The fourth-order valence-corrected chi connectivity index (χ4v) is 4.22. The Morgan fingerprint density at radius 1 is 1.03 bits per heavy atom. The van der Waals surface area contributed by atoms with E-state index in [0.717, 1.165) is 0 Å². The lowest BCUT2D eigenvalue weighted by atomic mass is 10.0. The van der Waals surface area contributed by atoms with E-state index < -0.39 is 6.03 Å². The number of hydrogen-bond acceptors (Lipinski definition) is 6. The number of carbonyl (C=O) groups is 3. The molecule has 3 atom stereocenters. The van der Waals surface area contributed by atoms with Crippen molar-refractivity contribution in [3.63, 3.8) is 0 Å². The highest BCUT2D eigenvalue weighted by atomic mass is 16.5. The van der Waals surface area contributed by atoms with Gasteiger partial charge >= 0.3 is 6.03 Å². The van der Waals surface area contributed by atoms with Crippen LogP contribution in [0.15, 0.2) is 48.5 Å². The Morgan fingerprint density at radius 2 is 1.73 bits per heavy atom. The molecule has 0 saturated heterocycles. The standard InChI is InChI=1S/C27H36N4O6/c1-18-14-31(25(32)17-35-4)19(2)16-37-23-12-11-21(29-27(34)28-20-9-7-6-8-10-20)13-22(23)26(33)30(3)15-24(18)36-5/h6-13,18-19,24H,14-17H2,1-5H3,(H2,28,29,34)/t18-,19-,24+/m1/s1. The summed E-state index contributed by atoms with van der Waals surface area (Å²) in [5.74, 6) is -0.112. The molecule has 2 N–H and O–H groups in total. The molecule has 4 amide bonds. The average molecular weight is 513 g/mol. The van der Waals surface area contributed by atoms with E-state index >= 15 is 0 Å². The molecule has 0 fully saturated rings. The molecule has 3 rings (SSSR count). The van der Waals surface area contributed by atoms with Gasteiger partial charge in [0.15, 0.2) is 0 Å². The first-order valence-corrected chi connectivity index (χ1v) is 12.2. The van der Waals surface area contributed by atoms with Crippen molar-refractivity contribution in [3.8, 4) is 5.75 Å². The number of fused-ring (bicyclic) bond motifs is 1. The molecule has 0 radical (unpaired) electrons. The second kappa shape index (κ2) is 13.1. The third kappa shape index (κ3) is 7.43. The van der Waals surface area contributed by atoms with Crippen LogP contribution in [0, 0.1) is 5.92 Å². The fraction of sp³-hybridized carbons (Fsp3) is 0.444. The third-order valence-electron chi connectivity index (χ3n) is 6.32. The minimum atomic E-state index is -0.435. The zero-order chi connectivity index (χ0) is 26.9. The van der Waals surface area contributed by atoms with Crippen LogP contribution in [0.4, 0.5) is 16.2 Å². The van der Waals surface area contributed by atoms with Gasteiger partial charge in [-0.05, 0) is 37.3 Å². The molecule has 0 unspecified atom stereocenters. The summed E-state index contributed by atoms with van der Waals surface area (Å²) >= 11 is 0. The van der Waals surface area contributed by atoms with Gasteiger partial charge in [-0.2, -0.15) is 0 Å². The van der Waals surface area contributed by atoms with Crippen LogP contribution in [0.1, 0.15) is 24.2 Å². The molecule has 2 aromatic rings. The number of benzene rings is 2. The highest BCUT2D eigenvalue weighted by molar-refractivity contribution is 6.02. The van der Waals surface area contributed by atoms with Crippen molar-refractivity contribution in [1.82, 2.24) is 9.80 Å². The third-order valence-corrected chi connectivity index (χ3v) is 6.32. The number of carbonyl (C=O) groups excluding carboxylic acids is 3. The maximum atomic E-state index is 13.5. The lowest BCUT2D eigenvalue weighted by molar-refractivity contribution is -0.139. The van der Waals surface area contributed by atoms with Gasteiger partial charge in [0.1, 0.15) is 19.0 Å². The molecular weight excluding hydrogens is 476 g/mol. The summed E-state index contributed by atoms with van der Waals surface area (Å²) in [7, 11) is 4.77. The number of amides is 4. The molecule has 0 saturated carbocycles. The number of ether oxygens (including phenoxy) is 3. The van der Waals surface area contributed by atoms with Crippen molar-refractivity contribution in [1.29, 1.82) is 0 Å². The normalized spacial score (nSPS) is 20.7. The highest BCUT2D eigenvalue weighted by Crippen LogP contribution is 2.26. The first-order chi connectivity index (χ1) is 17.7. The van der Waals surface area contributed by atoms with Crippen LogP contribution in [-0.4, -0.2) is 87.4 Å². The first kappa shape index (κ1) is 27.9. The summed E-state index contributed by atoms with van der Waals surface area (Å²) in [5, 5.41) is 5.52. The number of methoxy groups -OCH3 is 2. The van der Waals surface area contributed by atoms with Crippen molar-refractivity contribution in [2.75, 3.05) is 58.2 Å². The van der Waals surface area contributed by atoms with Crippen LogP contribution >= 0.6 is 0 Å². The maximum absolute atomic E-state index is 13.5. The Morgan fingerprint density at radius 3 is 2.41 bits per heavy atom. The second-order valence-electron chi connectivity index (χ2n) is 9.23. The average Bonchev–Trinajstić information content (AvgIpc) is 2.88. The Balaban J connectivity index is 1.88. The SMILES string of the molecule is COCC(=O)N1C[C@@H](C)[C@@H](OC)CN(C)C(=O)c2cc(NC(=O)Nc3ccccc3)ccc2OC[C@H]1C. The number of nitrogens with one attached hydrogen (secondary N) is 2. The summed E-state index contributed by atoms with van der Waals surface area (Å²) < 4.78 is 16.8. The van der Waals surface area contributed by atoms with Gasteiger partial charge in [-0.1, -0.05) is 25.1 Å². The monoisotopic (exact) mass is 512 g/mol. The molecule has 200 valence electrons. The molecule has 2 aromatic carbocycles. The Hall–Kier alpha value is -3.63. The summed E-state index contributed by atoms with van der Waals surface area (Å²) in [6.07, 6.45) is -0.305. The lowest BCUT2D eigenvalue weighted by Crippen LogP contribution is -2.49. The molecule has 1 heterocycles. The van der Waals surface area contributed by atoms with Crippen LogP contribution in [-0.2, 0) is 14.3 Å². The van der Waals surface area contributed by atoms with E-state index in [2.05, 4.69) is 10.6 Å². The zero-order valence-electron chi connectivity index (χ0n) is 22.0. The van der Waals surface area contributed by atoms with Crippen LogP contribution in [0.3, 0.4) is 0 Å². The van der Waals surface area contributed by atoms with Crippen molar-refractivity contribution in [3.05, 3.63) is 54.1 Å². The van der Waals surface area contributed by atoms with Crippen molar-refractivity contribution in [2.45, 2.75) is 26.0 Å². The molecule has 1 aliphatic rings. The van der Waals surface area contributed by atoms with Gasteiger partial charge in [-0.15, -0.1) is 0 Å². The number of rotatable bonds is 5. The van der Waals surface area contributed by atoms with E-state index in [1.54, 1.807) is 54.3 Å². The second-order valence-corrected chi connectivity index (χ2v) is 9.23. The highest BCUT2D eigenvalue weighted by Gasteiger charge is 2.30. The first-order valence-electron chi connectivity index (χ1n) is 12.2. The van der Waals surface area contributed by atoms with E-state index in [1.165, 1.54) is 7.11 Å². The van der Waals surface area contributed by atoms with E-state index in [0.29, 0.717) is 35.8 Å². The van der Waals surface area contributed by atoms with Crippen LogP contribution in [0.5, 0.6) is 5.75 Å². The Bertz CT molecular complexity index is 1080. The molecule has 0 aromatic heterocycles. The van der Waals surface area contributed by atoms with Crippen LogP contribution in [0.2, 0.25) is 0 Å². The molecule has 0 aliphatic carbocycles. The van der Waals surface area contributed by atoms with E-state index in [4.69, 9.17) is 14.2 Å². The van der Waals surface area contributed by atoms with Gasteiger partial charge in [-0.25, -0.2) is 4.79 Å². The Kier molecular flexibility index (Phi) is 9.87. The fourth-order valence-electron chi connectivity index (χ4n) is 4.22. The molecule has 0 bridgehead atoms. The van der Waals surface area contributed by atoms with Gasteiger partial charge in [-0.3, -0.25) is 9.59 Å². The summed E-state index contributed by atoms with van der Waals surface area (Å²) in [5.41, 5.74) is 1.38.